The lowest BCUT2D eigenvalue weighted by Gasteiger charge is -2.17. The fourth-order valence-electron chi connectivity index (χ4n) is 3.95. The molecule has 8 heteroatoms. The van der Waals surface area contributed by atoms with Gasteiger partial charge in [0.1, 0.15) is 0 Å². The van der Waals surface area contributed by atoms with Gasteiger partial charge in [-0.15, -0.1) is 11.8 Å². The van der Waals surface area contributed by atoms with Crippen molar-refractivity contribution in [1.29, 1.82) is 0 Å². The Bertz CT molecular complexity index is 1320. The van der Waals surface area contributed by atoms with E-state index in [-0.39, 0.29) is 17.6 Å². The van der Waals surface area contributed by atoms with Gasteiger partial charge in [-0.25, -0.2) is 0 Å². The second-order valence-electron chi connectivity index (χ2n) is 7.88. The van der Waals surface area contributed by atoms with E-state index in [2.05, 4.69) is 21.5 Å². The molecule has 0 aliphatic carbocycles. The van der Waals surface area contributed by atoms with Crippen molar-refractivity contribution in [3.8, 4) is 0 Å². The Kier molecular flexibility index (Phi) is 6.40. The van der Waals surface area contributed by atoms with Gasteiger partial charge in [-0.3, -0.25) is 19.3 Å². The first-order valence-electron chi connectivity index (χ1n) is 11.0. The van der Waals surface area contributed by atoms with E-state index in [1.165, 1.54) is 17.3 Å². The van der Waals surface area contributed by atoms with E-state index < -0.39 is 0 Å². The quantitative estimate of drug-likeness (QED) is 0.409. The molecular weight excluding hydrogens is 446 g/mol. The predicted octanol–water partition coefficient (Wildman–Crippen LogP) is 4.26. The fourth-order valence-corrected chi connectivity index (χ4v) is 4.88. The summed E-state index contributed by atoms with van der Waals surface area (Å²) in [6.07, 6.45) is 4.42. The van der Waals surface area contributed by atoms with Crippen LogP contribution in [0.15, 0.2) is 90.1 Å². The number of pyridine rings is 1. The van der Waals surface area contributed by atoms with Crippen LogP contribution in [0.25, 0.3) is 0 Å². The number of rotatable bonds is 7. The van der Waals surface area contributed by atoms with Crippen molar-refractivity contribution in [1.82, 2.24) is 14.8 Å². The van der Waals surface area contributed by atoms with Crippen molar-refractivity contribution >= 4 is 35.1 Å². The average Bonchev–Trinajstić information content (AvgIpc) is 3.50. The highest BCUT2D eigenvalue weighted by atomic mass is 32.2. The number of benzene rings is 2. The zero-order chi connectivity index (χ0) is 23.3. The van der Waals surface area contributed by atoms with Gasteiger partial charge in [0, 0.05) is 35.6 Å². The number of fused-ring (bicyclic) bond motifs is 1. The maximum absolute atomic E-state index is 13.0. The lowest BCUT2D eigenvalue weighted by molar-refractivity contribution is -0.116. The van der Waals surface area contributed by atoms with Crippen LogP contribution in [-0.4, -0.2) is 38.9 Å². The number of aromatic nitrogens is 3. The number of carbonyl (C=O) groups excluding carboxylic acids is 2. The molecule has 1 N–H and O–H groups in total. The third kappa shape index (κ3) is 4.87. The van der Waals surface area contributed by atoms with E-state index in [1.54, 1.807) is 29.2 Å². The van der Waals surface area contributed by atoms with E-state index >= 15 is 0 Å². The molecule has 2 aromatic carbocycles. The highest BCUT2D eigenvalue weighted by molar-refractivity contribution is 8.00. The molecule has 0 saturated heterocycles. The van der Waals surface area contributed by atoms with Gasteiger partial charge in [-0.2, -0.15) is 5.10 Å². The minimum Gasteiger partial charge on any atom is -0.311 e. The van der Waals surface area contributed by atoms with Crippen molar-refractivity contribution in [2.75, 3.05) is 22.5 Å². The smallest absolute Gasteiger partial charge is 0.257 e. The molecule has 7 nitrogen and oxygen atoms in total. The molecule has 3 heterocycles. The number of anilines is 2. The minimum atomic E-state index is -0.259. The van der Waals surface area contributed by atoms with Crippen LogP contribution in [-0.2, 0) is 17.8 Å². The molecule has 2 aromatic heterocycles. The molecule has 5 rings (SSSR count). The molecule has 0 unspecified atom stereocenters. The number of amides is 2. The predicted molar refractivity (Wildman–Crippen MR) is 133 cm³/mol. The molecule has 0 atom stereocenters. The standard InChI is InChI=1S/C26H23N5O2S/c32-25(31-16-12-19-7-1-3-10-22(19)31)18-34-23-11-4-2-9-21(23)26(33)28-24-13-15-30(29-24)17-20-8-5-6-14-27-20/h1-11,13-15H,12,16-18H2,(H,28,29,33). The Morgan fingerprint density at radius 3 is 2.68 bits per heavy atom. The number of para-hydroxylation sites is 1. The first kappa shape index (κ1) is 21.9. The van der Waals surface area contributed by atoms with Crippen LogP contribution in [0, 0.1) is 0 Å². The summed E-state index contributed by atoms with van der Waals surface area (Å²) in [6, 6.07) is 22.8. The van der Waals surface area contributed by atoms with Crippen molar-refractivity contribution in [2.24, 2.45) is 0 Å². The highest BCUT2D eigenvalue weighted by Gasteiger charge is 2.24. The van der Waals surface area contributed by atoms with Gasteiger partial charge in [0.2, 0.25) is 5.91 Å². The molecule has 2 amide bonds. The molecule has 0 bridgehead atoms. The van der Waals surface area contributed by atoms with Crippen molar-refractivity contribution in [3.63, 3.8) is 0 Å². The normalized spacial score (nSPS) is 12.4. The molecular formula is C26H23N5O2S. The number of thioether (sulfide) groups is 1. The van der Waals surface area contributed by atoms with E-state index in [1.807, 2.05) is 59.5 Å². The van der Waals surface area contributed by atoms with Crippen LogP contribution < -0.4 is 10.2 Å². The third-order valence-corrected chi connectivity index (χ3v) is 6.66. The Balaban J connectivity index is 1.23. The van der Waals surface area contributed by atoms with E-state index in [0.29, 0.717) is 24.5 Å². The van der Waals surface area contributed by atoms with Crippen LogP contribution in [0.3, 0.4) is 0 Å². The van der Waals surface area contributed by atoms with Gasteiger partial charge < -0.3 is 10.2 Å². The monoisotopic (exact) mass is 469 g/mol. The molecule has 34 heavy (non-hydrogen) atoms. The summed E-state index contributed by atoms with van der Waals surface area (Å²) >= 11 is 1.38. The maximum Gasteiger partial charge on any atom is 0.257 e. The number of hydrogen-bond acceptors (Lipinski definition) is 5. The molecule has 0 spiro atoms. The third-order valence-electron chi connectivity index (χ3n) is 5.60. The Morgan fingerprint density at radius 1 is 0.971 bits per heavy atom. The average molecular weight is 470 g/mol. The Labute approximate surface area is 201 Å². The SMILES string of the molecule is O=C(Nc1ccn(Cc2ccccn2)n1)c1ccccc1SCC(=O)N1CCc2ccccc21. The molecule has 4 aromatic rings. The fraction of sp³-hybridized carbons (Fsp3) is 0.154. The highest BCUT2D eigenvalue weighted by Crippen LogP contribution is 2.30. The number of nitrogens with zero attached hydrogens (tertiary/aromatic N) is 4. The number of hydrogen-bond donors (Lipinski definition) is 1. The second-order valence-corrected chi connectivity index (χ2v) is 8.90. The molecule has 0 radical (unpaired) electrons. The second kappa shape index (κ2) is 9.93. The van der Waals surface area contributed by atoms with Gasteiger partial charge in [0.25, 0.3) is 5.91 Å². The summed E-state index contributed by atoms with van der Waals surface area (Å²) in [7, 11) is 0. The molecule has 1 aliphatic rings. The topological polar surface area (TPSA) is 80.1 Å². The summed E-state index contributed by atoms with van der Waals surface area (Å²) in [5.41, 5.74) is 3.58. The van der Waals surface area contributed by atoms with Crippen LogP contribution in [0.4, 0.5) is 11.5 Å². The van der Waals surface area contributed by atoms with Crippen LogP contribution in [0.5, 0.6) is 0 Å². The Hall–Kier alpha value is -3.91. The first-order chi connectivity index (χ1) is 16.7. The Morgan fingerprint density at radius 2 is 1.79 bits per heavy atom. The summed E-state index contributed by atoms with van der Waals surface area (Å²) in [5, 5.41) is 7.29. The van der Waals surface area contributed by atoms with Crippen molar-refractivity contribution in [2.45, 2.75) is 17.9 Å². The zero-order valence-electron chi connectivity index (χ0n) is 18.4. The lowest BCUT2D eigenvalue weighted by atomic mass is 10.2. The summed E-state index contributed by atoms with van der Waals surface area (Å²) in [6.45, 7) is 1.22. The van der Waals surface area contributed by atoms with Crippen molar-refractivity contribution in [3.05, 3.63) is 102 Å². The van der Waals surface area contributed by atoms with Crippen LogP contribution >= 0.6 is 11.8 Å². The maximum atomic E-state index is 13.0. The van der Waals surface area contributed by atoms with Gasteiger partial charge in [0.15, 0.2) is 5.82 Å². The van der Waals surface area contributed by atoms with Crippen molar-refractivity contribution < 1.29 is 9.59 Å². The summed E-state index contributed by atoms with van der Waals surface area (Å²) in [5.74, 6) is 0.506. The molecule has 1 aliphatic heterocycles. The number of nitrogens with one attached hydrogen (secondary N) is 1. The molecule has 170 valence electrons. The van der Waals surface area contributed by atoms with Gasteiger partial charge >= 0.3 is 0 Å². The largest absolute Gasteiger partial charge is 0.311 e. The number of carbonyl (C=O) groups is 2. The van der Waals surface area contributed by atoms with E-state index in [0.717, 1.165) is 22.7 Å². The first-order valence-corrected chi connectivity index (χ1v) is 12.0. The lowest BCUT2D eigenvalue weighted by Crippen LogP contribution is -2.30. The van der Waals surface area contributed by atoms with Gasteiger partial charge in [-0.1, -0.05) is 36.4 Å². The van der Waals surface area contributed by atoms with E-state index in [4.69, 9.17) is 0 Å². The summed E-state index contributed by atoms with van der Waals surface area (Å²) in [4.78, 5) is 32.8. The zero-order valence-corrected chi connectivity index (χ0v) is 19.2. The molecule has 0 fully saturated rings. The van der Waals surface area contributed by atoms with E-state index in [9.17, 15) is 9.59 Å². The van der Waals surface area contributed by atoms with Gasteiger partial charge in [-0.05, 0) is 42.3 Å². The van der Waals surface area contributed by atoms with Gasteiger partial charge in [0.05, 0.1) is 23.6 Å². The van der Waals surface area contributed by atoms with Crippen LogP contribution in [0.1, 0.15) is 21.6 Å². The minimum absolute atomic E-state index is 0.0402. The summed E-state index contributed by atoms with van der Waals surface area (Å²) < 4.78 is 1.73. The van der Waals surface area contributed by atoms with Crippen LogP contribution in [0.2, 0.25) is 0 Å². The molecule has 0 saturated carbocycles.